The van der Waals surface area contributed by atoms with Crippen molar-refractivity contribution in [3.63, 3.8) is 0 Å². The summed E-state index contributed by atoms with van der Waals surface area (Å²) in [5.74, 6) is 1.33. The predicted octanol–water partition coefficient (Wildman–Crippen LogP) is 2.02. The molecule has 0 bridgehead atoms. The molecule has 1 aromatic heterocycles. The van der Waals surface area contributed by atoms with Crippen LogP contribution in [-0.4, -0.2) is 56.8 Å². The number of hydrogen-bond donors (Lipinski definition) is 0. The maximum absolute atomic E-state index is 12.8. The monoisotopic (exact) mass is 403 g/mol. The van der Waals surface area contributed by atoms with Crippen LogP contribution >= 0.6 is 0 Å². The molecule has 9 nitrogen and oxygen atoms in total. The van der Waals surface area contributed by atoms with Gasteiger partial charge in [-0.3, -0.25) is 9.59 Å². The van der Waals surface area contributed by atoms with Crippen LogP contribution in [0, 0.1) is 12.8 Å². The number of nitrogens with zero attached hydrogens (tertiary/aromatic N) is 3. The van der Waals surface area contributed by atoms with Crippen molar-refractivity contribution in [3.8, 4) is 17.2 Å². The quantitative estimate of drug-likeness (QED) is 0.698. The molecule has 2 heterocycles. The largest absolute Gasteiger partial charge is 0.493 e. The van der Waals surface area contributed by atoms with E-state index in [0.29, 0.717) is 40.9 Å². The molecule has 0 saturated carbocycles. The van der Waals surface area contributed by atoms with Gasteiger partial charge in [0.15, 0.2) is 11.5 Å². The molecule has 1 atom stereocenters. The molecule has 9 heteroatoms. The maximum atomic E-state index is 12.8. The van der Waals surface area contributed by atoms with Gasteiger partial charge in [0, 0.05) is 38.2 Å². The fourth-order valence-electron chi connectivity index (χ4n) is 3.47. The van der Waals surface area contributed by atoms with Crippen LogP contribution in [0.25, 0.3) is 0 Å². The molecule has 1 saturated heterocycles. The summed E-state index contributed by atoms with van der Waals surface area (Å²) in [6.07, 6.45) is 0.137. The second-order valence-corrected chi connectivity index (χ2v) is 6.91. The van der Waals surface area contributed by atoms with Gasteiger partial charge in [-0.05, 0) is 6.92 Å². The standard InChI is InChI=1S/C20H25N3O6/c1-12-6-14(21-29-12)11-22(2)20(25)13-7-18(24)23(10-13)15-8-16(26-3)19(28-5)17(9-15)27-4/h6,8-9,13H,7,10-11H2,1-5H3. The van der Waals surface area contributed by atoms with Crippen LogP contribution in [0.2, 0.25) is 0 Å². The summed E-state index contributed by atoms with van der Waals surface area (Å²) in [5, 5.41) is 3.91. The number of rotatable bonds is 7. The highest BCUT2D eigenvalue weighted by molar-refractivity contribution is 6.00. The molecule has 1 aliphatic heterocycles. The van der Waals surface area contributed by atoms with Crippen LogP contribution in [-0.2, 0) is 16.1 Å². The SMILES string of the molecule is COc1cc(N2CC(C(=O)N(C)Cc3cc(C)on3)CC2=O)cc(OC)c1OC. The third kappa shape index (κ3) is 4.13. The van der Waals surface area contributed by atoms with Crippen molar-refractivity contribution >= 4 is 17.5 Å². The van der Waals surface area contributed by atoms with Gasteiger partial charge in [-0.2, -0.15) is 0 Å². The number of carbonyl (C=O) groups is 2. The van der Waals surface area contributed by atoms with Gasteiger partial charge in [-0.1, -0.05) is 5.16 Å². The average Bonchev–Trinajstić information content (AvgIpc) is 3.31. The van der Waals surface area contributed by atoms with Gasteiger partial charge in [-0.15, -0.1) is 0 Å². The number of anilines is 1. The second kappa shape index (κ2) is 8.42. The van der Waals surface area contributed by atoms with Crippen LogP contribution < -0.4 is 19.1 Å². The van der Waals surface area contributed by atoms with Gasteiger partial charge in [0.05, 0.1) is 39.5 Å². The Morgan fingerprint density at radius 1 is 1.21 bits per heavy atom. The van der Waals surface area contributed by atoms with Crippen LogP contribution in [0.1, 0.15) is 17.9 Å². The van der Waals surface area contributed by atoms with E-state index in [0.717, 1.165) is 0 Å². The molecule has 29 heavy (non-hydrogen) atoms. The van der Waals surface area contributed by atoms with Gasteiger partial charge >= 0.3 is 0 Å². The molecule has 0 spiro atoms. The molecular weight excluding hydrogens is 378 g/mol. The molecule has 0 radical (unpaired) electrons. The zero-order chi connectivity index (χ0) is 21.1. The van der Waals surface area contributed by atoms with E-state index in [1.54, 1.807) is 42.0 Å². The smallest absolute Gasteiger partial charge is 0.228 e. The lowest BCUT2D eigenvalue weighted by atomic mass is 10.1. The highest BCUT2D eigenvalue weighted by Crippen LogP contribution is 2.42. The molecule has 0 N–H and O–H groups in total. The van der Waals surface area contributed by atoms with E-state index in [1.807, 2.05) is 0 Å². The van der Waals surface area contributed by atoms with Crippen LogP contribution in [0.5, 0.6) is 17.2 Å². The molecule has 2 aromatic rings. The number of methoxy groups -OCH3 is 3. The summed E-state index contributed by atoms with van der Waals surface area (Å²) >= 11 is 0. The van der Waals surface area contributed by atoms with Crippen molar-refractivity contribution in [1.29, 1.82) is 0 Å². The average molecular weight is 403 g/mol. The number of aromatic nitrogens is 1. The van der Waals surface area contributed by atoms with E-state index in [1.165, 1.54) is 21.3 Å². The summed E-state index contributed by atoms with van der Waals surface area (Å²) in [7, 11) is 6.24. The van der Waals surface area contributed by atoms with Crippen LogP contribution in [0.15, 0.2) is 22.7 Å². The van der Waals surface area contributed by atoms with Gasteiger partial charge in [-0.25, -0.2) is 0 Å². The van der Waals surface area contributed by atoms with Crippen LogP contribution in [0.3, 0.4) is 0 Å². The van der Waals surface area contributed by atoms with Gasteiger partial charge in [0.25, 0.3) is 0 Å². The van der Waals surface area contributed by atoms with Crippen molar-refractivity contribution in [2.24, 2.45) is 5.92 Å². The summed E-state index contributed by atoms with van der Waals surface area (Å²) in [6.45, 7) is 2.40. The minimum absolute atomic E-state index is 0.117. The number of hydrogen-bond acceptors (Lipinski definition) is 7. The number of benzene rings is 1. The van der Waals surface area contributed by atoms with E-state index < -0.39 is 5.92 Å². The molecule has 1 aromatic carbocycles. The summed E-state index contributed by atoms with van der Waals surface area (Å²) < 4.78 is 21.1. The summed E-state index contributed by atoms with van der Waals surface area (Å²) in [6, 6.07) is 5.19. The van der Waals surface area contributed by atoms with Crippen molar-refractivity contribution < 1.29 is 28.3 Å². The second-order valence-electron chi connectivity index (χ2n) is 6.91. The summed E-state index contributed by atoms with van der Waals surface area (Å²) in [5.41, 5.74) is 1.26. The first-order valence-electron chi connectivity index (χ1n) is 9.15. The number of ether oxygens (including phenoxy) is 3. The molecular formula is C20H25N3O6. The zero-order valence-electron chi connectivity index (χ0n) is 17.2. The Balaban J connectivity index is 1.77. The number of amides is 2. The number of aryl methyl sites for hydroxylation is 1. The van der Waals surface area contributed by atoms with Crippen molar-refractivity contribution in [1.82, 2.24) is 10.1 Å². The maximum Gasteiger partial charge on any atom is 0.228 e. The molecule has 1 unspecified atom stereocenters. The topological polar surface area (TPSA) is 94.3 Å². The van der Waals surface area contributed by atoms with E-state index in [4.69, 9.17) is 18.7 Å². The van der Waals surface area contributed by atoms with Crippen molar-refractivity contribution in [2.75, 3.05) is 39.8 Å². The molecule has 0 aliphatic carbocycles. The third-order valence-corrected chi connectivity index (χ3v) is 4.89. The first-order valence-corrected chi connectivity index (χ1v) is 9.15. The molecule has 156 valence electrons. The molecule has 1 fully saturated rings. The van der Waals surface area contributed by atoms with E-state index in [2.05, 4.69) is 5.16 Å². The Labute approximate surface area is 169 Å². The van der Waals surface area contributed by atoms with E-state index >= 15 is 0 Å². The van der Waals surface area contributed by atoms with Crippen molar-refractivity contribution in [3.05, 3.63) is 29.7 Å². The van der Waals surface area contributed by atoms with Gasteiger partial charge < -0.3 is 28.5 Å². The van der Waals surface area contributed by atoms with Crippen molar-refractivity contribution in [2.45, 2.75) is 19.9 Å². The minimum Gasteiger partial charge on any atom is -0.493 e. The predicted molar refractivity (Wildman–Crippen MR) is 104 cm³/mol. The lowest BCUT2D eigenvalue weighted by Crippen LogP contribution is -2.34. The Morgan fingerprint density at radius 3 is 2.38 bits per heavy atom. The Bertz CT molecular complexity index is 884. The Kier molecular flexibility index (Phi) is 5.95. The fourth-order valence-corrected chi connectivity index (χ4v) is 3.47. The van der Waals surface area contributed by atoms with E-state index in [-0.39, 0.29) is 24.8 Å². The molecule has 2 amide bonds. The highest BCUT2D eigenvalue weighted by Gasteiger charge is 2.37. The van der Waals surface area contributed by atoms with E-state index in [9.17, 15) is 9.59 Å². The highest BCUT2D eigenvalue weighted by atomic mass is 16.5. The lowest BCUT2D eigenvalue weighted by molar-refractivity contribution is -0.135. The first kappa shape index (κ1) is 20.5. The van der Waals surface area contributed by atoms with Crippen LogP contribution in [0.4, 0.5) is 5.69 Å². The Hall–Kier alpha value is -3.23. The minimum atomic E-state index is -0.445. The normalized spacial score (nSPS) is 16.1. The van der Waals surface area contributed by atoms with Gasteiger partial charge in [0.1, 0.15) is 11.5 Å². The molecule has 1 aliphatic rings. The first-order chi connectivity index (χ1) is 13.9. The zero-order valence-corrected chi connectivity index (χ0v) is 17.2. The Morgan fingerprint density at radius 2 is 1.86 bits per heavy atom. The number of carbonyl (C=O) groups excluding carboxylic acids is 2. The fraction of sp³-hybridized carbons (Fsp3) is 0.450. The third-order valence-electron chi connectivity index (χ3n) is 4.89. The lowest BCUT2D eigenvalue weighted by Gasteiger charge is -2.22. The molecule has 3 rings (SSSR count). The van der Waals surface area contributed by atoms with Gasteiger partial charge in [0.2, 0.25) is 17.6 Å². The summed E-state index contributed by atoms with van der Waals surface area (Å²) in [4.78, 5) is 28.6.